The highest BCUT2D eigenvalue weighted by Crippen LogP contribution is 2.18. The molecule has 0 saturated carbocycles. The van der Waals surface area contributed by atoms with E-state index in [1.807, 2.05) is 0 Å². The predicted molar refractivity (Wildman–Crippen MR) is 90.3 cm³/mol. The fourth-order valence-electron chi connectivity index (χ4n) is 3.32. The third-order valence-electron chi connectivity index (χ3n) is 5.16. The number of nitrogens with zero attached hydrogens (tertiary/aromatic N) is 1. The minimum Gasteiger partial charge on any atom is -0.311 e. The molecule has 0 radical (unpaired) electrons. The smallest absolute Gasteiger partial charge is 0.0221 e. The Morgan fingerprint density at radius 2 is 1.75 bits per heavy atom. The summed E-state index contributed by atoms with van der Waals surface area (Å²) in [5, 5.41) is 3.78. The van der Waals surface area contributed by atoms with Crippen LogP contribution in [0.25, 0.3) is 0 Å². The van der Waals surface area contributed by atoms with Crippen molar-refractivity contribution in [2.45, 2.75) is 91.1 Å². The number of hydrogen-bond donors (Lipinski definition) is 1. The van der Waals surface area contributed by atoms with Gasteiger partial charge in [0.15, 0.2) is 0 Å². The van der Waals surface area contributed by atoms with E-state index in [1.165, 1.54) is 71.0 Å². The van der Waals surface area contributed by atoms with Crippen LogP contribution in [0, 0.1) is 5.92 Å². The van der Waals surface area contributed by atoms with E-state index in [-0.39, 0.29) is 0 Å². The number of rotatable bonds is 10. The van der Waals surface area contributed by atoms with Gasteiger partial charge in [0.25, 0.3) is 0 Å². The van der Waals surface area contributed by atoms with E-state index in [0.29, 0.717) is 6.04 Å². The topological polar surface area (TPSA) is 15.3 Å². The largest absolute Gasteiger partial charge is 0.311 e. The van der Waals surface area contributed by atoms with Gasteiger partial charge in [0.2, 0.25) is 0 Å². The summed E-state index contributed by atoms with van der Waals surface area (Å²) >= 11 is 0. The molecule has 0 spiro atoms. The molecule has 1 saturated heterocycles. The zero-order valence-electron chi connectivity index (χ0n) is 14.5. The van der Waals surface area contributed by atoms with E-state index >= 15 is 0 Å². The molecule has 0 aliphatic carbocycles. The standard InChI is InChI=1S/C18H38N2/c1-5-8-9-10-11-12-13-20-15-18(16(4)6-2)19-14-17(20)7-3/h16-19H,5-15H2,1-4H3. The van der Waals surface area contributed by atoms with E-state index in [0.717, 1.165) is 12.0 Å². The first-order valence-electron chi connectivity index (χ1n) is 9.20. The average Bonchev–Trinajstić information content (AvgIpc) is 2.49. The SMILES string of the molecule is CCCCCCCCN1CC(C(C)CC)NCC1CC. The Labute approximate surface area is 127 Å². The molecule has 0 amide bonds. The van der Waals surface area contributed by atoms with Crippen molar-refractivity contribution < 1.29 is 0 Å². The first-order chi connectivity index (χ1) is 9.72. The lowest BCUT2D eigenvalue weighted by molar-refractivity contribution is 0.104. The minimum atomic E-state index is 0.711. The molecule has 0 aromatic carbocycles. The van der Waals surface area contributed by atoms with Crippen molar-refractivity contribution in [1.29, 1.82) is 0 Å². The van der Waals surface area contributed by atoms with Crippen LogP contribution in [-0.2, 0) is 0 Å². The highest BCUT2D eigenvalue weighted by molar-refractivity contribution is 4.87. The third kappa shape index (κ3) is 6.13. The lowest BCUT2D eigenvalue weighted by Crippen LogP contribution is -2.58. The van der Waals surface area contributed by atoms with Crippen molar-refractivity contribution in [1.82, 2.24) is 10.2 Å². The maximum absolute atomic E-state index is 3.78. The summed E-state index contributed by atoms with van der Waals surface area (Å²) in [7, 11) is 0. The maximum Gasteiger partial charge on any atom is 0.0221 e. The van der Waals surface area contributed by atoms with Gasteiger partial charge in [-0.3, -0.25) is 4.90 Å². The number of unbranched alkanes of at least 4 members (excludes halogenated alkanes) is 5. The van der Waals surface area contributed by atoms with Crippen LogP contribution >= 0.6 is 0 Å². The van der Waals surface area contributed by atoms with Gasteiger partial charge in [-0.15, -0.1) is 0 Å². The van der Waals surface area contributed by atoms with Crippen molar-refractivity contribution in [3.05, 3.63) is 0 Å². The molecule has 3 atom stereocenters. The van der Waals surface area contributed by atoms with Crippen LogP contribution in [0.15, 0.2) is 0 Å². The molecule has 1 heterocycles. The van der Waals surface area contributed by atoms with Gasteiger partial charge < -0.3 is 5.32 Å². The van der Waals surface area contributed by atoms with Crippen LogP contribution in [0.4, 0.5) is 0 Å². The van der Waals surface area contributed by atoms with Crippen molar-refractivity contribution in [2.75, 3.05) is 19.6 Å². The van der Waals surface area contributed by atoms with Gasteiger partial charge in [-0.25, -0.2) is 0 Å². The molecule has 2 heteroatoms. The second-order valence-electron chi connectivity index (χ2n) is 6.73. The van der Waals surface area contributed by atoms with Crippen molar-refractivity contribution >= 4 is 0 Å². The number of hydrogen-bond acceptors (Lipinski definition) is 2. The lowest BCUT2D eigenvalue weighted by Gasteiger charge is -2.42. The molecule has 20 heavy (non-hydrogen) atoms. The van der Waals surface area contributed by atoms with E-state index in [1.54, 1.807) is 0 Å². The average molecular weight is 283 g/mol. The summed E-state index contributed by atoms with van der Waals surface area (Å²) < 4.78 is 0. The fraction of sp³-hybridized carbons (Fsp3) is 1.00. The van der Waals surface area contributed by atoms with Crippen LogP contribution in [0.5, 0.6) is 0 Å². The molecule has 1 N–H and O–H groups in total. The molecule has 1 fully saturated rings. The molecule has 3 unspecified atom stereocenters. The molecule has 1 aliphatic rings. The molecule has 1 rings (SSSR count). The molecular formula is C18H38N2. The molecule has 120 valence electrons. The highest BCUT2D eigenvalue weighted by Gasteiger charge is 2.28. The van der Waals surface area contributed by atoms with Gasteiger partial charge in [-0.05, 0) is 25.3 Å². The molecule has 2 nitrogen and oxygen atoms in total. The normalized spacial score (nSPS) is 25.8. The van der Waals surface area contributed by atoms with Gasteiger partial charge in [0.05, 0.1) is 0 Å². The molecule has 0 aromatic heterocycles. The Morgan fingerprint density at radius 1 is 1.05 bits per heavy atom. The Bertz CT molecular complexity index is 229. The summed E-state index contributed by atoms with van der Waals surface area (Å²) in [5.74, 6) is 0.805. The molecule has 0 bridgehead atoms. The third-order valence-corrected chi connectivity index (χ3v) is 5.16. The Morgan fingerprint density at radius 3 is 2.40 bits per heavy atom. The Balaban J connectivity index is 2.27. The predicted octanol–water partition coefficient (Wildman–Crippen LogP) is 4.45. The van der Waals surface area contributed by atoms with Crippen LogP contribution < -0.4 is 5.32 Å². The number of piperazine rings is 1. The van der Waals surface area contributed by atoms with Crippen LogP contribution in [0.1, 0.15) is 79.1 Å². The van der Waals surface area contributed by atoms with Gasteiger partial charge >= 0.3 is 0 Å². The van der Waals surface area contributed by atoms with Gasteiger partial charge in [-0.2, -0.15) is 0 Å². The minimum absolute atomic E-state index is 0.711. The van der Waals surface area contributed by atoms with Gasteiger partial charge in [0, 0.05) is 25.2 Å². The zero-order chi connectivity index (χ0) is 14.8. The van der Waals surface area contributed by atoms with E-state index in [9.17, 15) is 0 Å². The highest BCUT2D eigenvalue weighted by atomic mass is 15.2. The van der Waals surface area contributed by atoms with Crippen LogP contribution in [0.3, 0.4) is 0 Å². The molecular weight excluding hydrogens is 244 g/mol. The summed E-state index contributed by atoms with van der Waals surface area (Å²) in [6, 6.07) is 1.48. The zero-order valence-corrected chi connectivity index (χ0v) is 14.5. The Hall–Kier alpha value is -0.0800. The number of nitrogens with one attached hydrogen (secondary N) is 1. The molecule has 0 aromatic rings. The summed E-state index contributed by atoms with van der Waals surface area (Å²) in [6.07, 6.45) is 11.0. The second kappa shape index (κ2) is 10.6. The Kier molecular flexibility index (Phi) is 9.54. The van der Waals surface area contributed by atoms with Crippen LogP contribution in [0.2, 0.25) is 0 Å². The summed E-state index contributed by atoms with van der Waals surface area (Å²) in [5.41, 5.74) is 0. The molecule has 1 aliphatic heterocycles. The van der Waals surface area contributed by atoms with Gasteiger partial charge in [-0.1, -0.05) is 66.2 Å². The van der Waals surface area contributed by atoms with Crippen molar-refractivity contribution in [3.8, 4) is 0 Å². The first-order valence-corrected chi connectivity index (χ1v) is 9.20. The van der Waals surface area contributed by atoms with E-state index in [4.69, 9.17) is 0 Å². The van der Waals surface area contributed by atoms with Crippen molar-refractivity contribution in [3.63, 3.8) is 0 Å². The lowest BCUT2D eigenvalue weighted by atomic mass is 9.94. The first kappa shape index (κ1) is 18.0. The van der Waals surface area contributed by atoms with E-state index in [2.05, 4.69) is 37.9 Å². The summed E-state index contributed by atoms with van der Waals surface area (Å²) in [4.78, 5) is 2.77. The van der Waals surface area contributed by atoms with Gasteiger partial charge in [0.1, 0.15) is 0 Å². The van der Waals surface area contributed by atoms with Crippen LogP contribution in [-0.4, -0.2) is 36.6 Å². The van der Waals surface area contributed by atoms with Crippen molar-refractivity contribution in [2.24, 2.45) is 5.92 Å². The maximum atomic E-state index is 3.78. The fourth-order valence-corrected chi connectivity index (χ4v) is 3.32. The van der Waals surface area contributed by atoms with E-state index < -0.39 is 0 Å². The second-order valence-corrected chi connectivity index (χ2v) is 6.73. The quantitative estimate of drug-likeness (QED) is 0.596. The summed E-state index contributed by atoms with van der Waals surface area (Å²) in [6.45, 7) is 13.1. The monoisotopic (exact) mass is 282 g/mol.